The van der Waals surface area contributed by atoms with Crippen LogP contribution in [0.25, 0.3) is 0 Å². The van der Waals surface area contributed by atoms with Crippen LogP contribution in [0.3, 0.4) is 0 Å². The normalized spacial score (nSPS) is 18.7. The van der Waals surface area contributed by atoms with E-state index in [0.29, 0.717) is 6.04 Å². The smallest absolute Gasteiger partial charge is 0.244 e. The molecule has 1 fully saturated rings. The topological polar surface area (TPSA) is 70.8 Å². The van der Waals surface area contributed by atoms with Gasteiger partial charge in [-0.2, -0.15) is 4.98 Å². The molecule has 17 heavy (non-hydrogen) atoms. The minimum atomic E-state index is 0.0669. The number of rotatable bonds is 3. The van der Waals surface area contributed by atoms with E-state index in [1.54, 1.807) is 0 Å². The molecule has 3 N–H and O–H groups in total. The first-order valence-corrected chi connectivity index (χ1v) is 6.46. The van der Waals surface area contributed by atoms with Gasteiger partial charge in [0.2, 0.25) is 5.95 Å². The molecule has 2 heterocycles. The number of anilines is 1. The zero-order valence-electron chi connectivity index (χ0n) is 11.0. The number of H-pyrrole nitrogens is 1. The quantitative estimate of drug-likeness (QED) is 0.834. The predicted octanol–water partition coefficient (Wildman–Crippen LogP) is 1.42. The molecule has 0 radical (unpaired) electrons. The summed E-state index contributed by atoms with van der Waals surface area (Å²) in [5.41, 5.74) is 5.96. The number of hydrogen-bond donors (Lipinski definition) is 2. The van der Waals surface area contributed by atoms with Crippen LogP contribution in [0.2, 0.25) is 0 Å². The van der Waals surface area contributed by atoms with Crippen LogP contribution in [0.5, 0.6) is 0 Å². The first kappa shape index (κ1) is 12.4. The van der Waals surface area contributed by atoms with Crippen molar-refractivity contribution in [2.45, 2.75) is 51.5 Å². The van der Waals surface area contributed by atoms with Crippen molar-refractivity contribution in [1.82, 2.24) is 15.2 Å². The summed E-state index contributed by atoms with van der Waals surface area (Å²) in [6, 6.07) is 0.344. The number of nitrogens with one attached hydrogen (secondary N) is 1. The van der Waals surface area contributed by atoms with E-state index in [9.17, 15) is 0 Å². The molecular formula is C12H23N5. The van der Waals surface area contributed by atoms with Crippen LogP contribution in [-0.2, 0) is 5.41 Å². The largest absolute Gasteiger partial charge is 0.339 e. The number of nitrogens with two attached hydrogens (primary N) is 1. The van der Waals surface area contributed by atoms with Gasteiger partial charge in [0.15, 0.2) is 0 Å². The lowest BCUT2D eigenvalue weighted by molar-refractivity contribution is 0.473. The van der Waals surface area contributed by atoms with E-state index in [1.165, 1.54) is 0 Å². The number of hydrogen-bond acceptors (Lipinski definition) is 4. The van der Waals surface area contributed by atoms with Gasteiger partial charge < -0.3 is 10.6 Å². The maximum absolute atomic E-state index is 5.90. The summed E-state index contributed by atoms with van der Waals surface area (Å²) in [4.78, 5) is 6.84. The van der Waals surface area contributed by atoms with E-state index in [2.05, 4.69) is 40.9 Å². The standard InChI is InChI=1S/C12H23N5/c1-4-12(2,3)10-14-11(16-15-10)17-7-5-9(13)6-8-17/h9H,4-8,13H2,1-3H3,(H,14,15,16). The van der Waals surface area contributed by atoms with Gasteiger partial charge in [-0.15, -0.1) is 5.10 Å². The fourth-order valence-corrected chi connectivity index (χ4v) is 1.96. The summed E-state index contributed by atoms with van der Waals surface area (Å²) in [5, 5.41) is 7.40. The molecule has 0 aliphatic carbocycles. The molecule has 2 rings (SSSR count). The molecule has 1 saturated heterocycles. The van der Waals surface area contributed by atoms with Crippen LogP contribution in [0, 0.1) is 0 Å². The number of aromatic nitrogens is 3. The number of nitrogens with zero attached hydrogens (tertiary/aromatic N) is 3. The third-order valence-corrected chi connectivity index (χ3v) is 3.82. The zero-order valence-corrected chi connectivity index (χ0v) is 11.0. The fourth-order valence-electron chi connectivity index (χ4n) is 1.96. The average Bonchev–Trinajstić information content (AvgIpc) is 2.80. The summed E-state index contributed by atoms with van der Waals surface area (Å²) >= 11 is 0. The molecule has 0 spiro atoms. The van der Waals surface area contributed by atoms with Crippen LogP contribution in [0.15, 0.2) is 0 Å². The molecule has 0 amide bonds. The number of piperidine rings is 1. The second-order valence-corrected chi connectivity index (χ2v) is 5.55. The fraction of sp³-hybridized carbons (Fsp3) is 0.833. The van der Waals surface area contributed by atoms with Crippen LogP contribution in [0.4, 0.5) is 5.95 Å². The maximum atomic E-state index is 5.90. The van der Waals surface area contributed by atoms with Gasteiger partial charge in [0.25, 0.3) is 0 Å². The van der Waals surface area contributed by atoms with Gasteiger partial charge in [0.05, 0.1) is 0 Å². The van der Waals surface area contributed by atoms with Crippen LogP contribution >= 0.6 is 0 Å². The molecule has 5 heteroatoms. The minimum absolute atomic E-state index is 0.0669. The van der Waals surface area contributed by atoms with E-state index < -0.39 is 0 Å². The van der Waals surface area contributed by atoms with E-state index in [0.717, 1.165) is 44.1 Å². The molecule has 96 valence electrons. The Hall–Kier alpha value is -1.10. The first-order chi connectivity index (χ1) is 8.03. The highest BCUT2D eigenvalue weighted by molar-refractivity contribution is 5.30. The van der Waals surface area contributed by atoms with Gasteiger partial charge in [-0.05, 0) is 19.3 Å². The van der Waals surface area contributed by atoms with E-state index >= 15 is 0 Å². The maximum Gasteiger partial charge on any atom is 0.244 e. The van der Waals surface area contributed by atoms with Crippen molar-refractivity contribution in [1.29, 1.82) is 0 Å². The lowest BCUT2D eigenvalue weighted by Gasteiger charge is -2.29. The Morgan fingerprint density at radius 1 is 1.41 bits per heavy atom. The third kappa shape index (κ3) is 2.60. The highest BCUT2D eigenvalue weighted by atomic mass is 15.4. The summed E-state index contributed by atoms with van der Waals surface area (Å²) in [6.45, 7) is 8.46. The molecule has 1 aromatic heterocycles. The Balaban J connectivity index is 2.08. The van der Waals surface area contributed by atoms with Gasteiger partial charge in [-0.25, -0.2) is 0 Å². The number of aromatic amines is 1. The van der Waals surface area contributed by atoms with Gasteiger partial charge in [-0.3, -0.25) is 5.10 Å². The minimum Gasteiger partial charge on any atom is -0.339 e. The zero-order chi connectivity index (χ0) is 12.5. The molecule has 0 unspecified atom stereocenters. The summed E-state index contributed by atoms with van der Waals surface area (Å²) < 4.78 is 0. The second kappa shape index (κ2) is 4.64. The van der Waals surface area contributed by atoms with Crippen molar-refractivity contribution in [3.63, 3.8) is 0 Å². The molecule has 1 aliphatic heterocycles. The lowest BCUT2D eigenvalue weighted by Crippen LogP contribution is -2.40. The summed E-state index contributed by atoms with van der Waals surface area (Å²) in [5.74, 6) is 1.80. The Labute approximate surface area is 103 Å². The average molecular weight is 237 g/mol. The highest BCUT2D eigenvalue weighted by Gasteiger charge is 2.25. The van der Waals surface area contributed by atoms with Crippen molar-refractivity contribution < 1.29 is 0 Å². The Kier molecular flexibility index (Phi) is 3.38. The van der Waals surface area contributed by atoms with E-state index in [-0.39, 0.29) is 5.41 Å². The SMILES string of the molecule is CCC(C)(C)c1nc(N2CCC(N)CC2)n[nH]1. The van der Waals surface area contributed by atoms with Gasteiger partial charge >= 0.3 is 0 Å². The van der Waals surface area contributed by atoms with Crippen molar-refractivity contribution >= 4 is 5.95 Å². The van der Waals surface area contributed by atoms with E-state index in [1.807, 2.05) is 0 Å². The van der Waals surface area contributed by atoms with Crippen LogP contribution in [-0.4, -0.2) is 34.3 Å². The van der Waals surface area contributed by atoms with Crippen molar-refractivity contribution in [3.05, 3.63) is 5.82 Å². The lowest BCUT2D eigenvalue weighted by atomic mass is 9.90. The Morgan fingerprint density at radius 3 is 2.65 bits per heavy atom. The van der Waals surface area contributed by atoms with Gasteiger partial charge in [-0.1, -0.05) is 20.8 Å². The van der Waals surface area contributed by atoms with Crippen molar-refractivity contribution in [2.24, 2.45) is 5.73 Å². The van der Waals surface area contributed by atoms with Gasteiger partial charge in [0.1, 0.15) is 5.82 Å². The predicted molar refractivity (Wildman–Crippen MR) is 69.1 cm³/mol. The van der Waals surface area contributed by atoms with Crippen molar-refractivity contribution in [2.75, 3.05) is 18.0 Å². The summed E-state index contributed by atoms with van der Waals surface area (Å²) in [7, 11) is 0. The molecular weight excluding hydrogens is 214 g/mol. The second-order valence-electron chi connectivity index (χ2n) is 5.55. The van der Waals surface area contributed by atoms with Crippen molar-refractivity contribution in [3.8, 4) is 0 Å². The molecule has 1 aromatic rings. The van der Waals surface area contributed by atoms with Crippen LogP contribution in [0.1, 0.15) is 45.9 Å². The molecule has 5 nitrogen and oxygen atoms in total. The molecule has 0 atom stereocenters. The van der Waals surface area contributed by atoms with Crippen LogP contribution < -0.4 is 10.6 Å². The molecule has 0 saturated carbocycles. The Morgan fingerprint density at radius 2 is 2.06 bits per heavy atom. The molecule has 0 bridgehead atoms. The van der Waals surface area contributed by atoms with Gasteiger partial charge in [0, 0.05) is 24.5 Å². The third-order valence-electron chi connectivity index (χ3n) is 3.82. The summed E-state index contributed by atoms with van der Waals surface area (Å²) in [6.07, 6.45) is 3.11. The monoisotopic (exact) mass is 237 g/mol. The molecule has 1 aliphatic rings. The highest BCUT2D eigenvalue weighted by Crippen LogP contribution is 2.25. The first-order valence-electron chi connectivity index (χ1n) is 6.46. The Bertz CT molecular complexity index is 363. The van der Waals surface area contributed by atoms with E-state index in [4.69, 9.17) is 5.73 Å². The molecule has 0 aromatic carbocycles.